The number of aryl methyl sites for hydroxylation is 1. The molecule has 0 aliphatic rings. The Morgan fingerprint density at radius 3 is 2.74 bits per heavy atom. The minimum absolute atomic E-state index is 0.753. The fraction of sp³-hybridized carbons (Fsp3) is 0.529. The van der Waals surface area contributed by atoms with Gasteiger partial charge in [-0.25, -0.2) is 0 Å². The van der Waals surface area contributed by atoms with Gasteiger partial charge in [0.05, 0.1) is 0 Å². The molecule has 0 bridgehead atoms. The van der Waals surface area contributed by atoms with Crippen LogP contribution in [0.3, 0.4) is 0 Å². The third-order valence-corrected chi connectivity index (χ3v) is 3.56. The fourth-order valence-electron chi connectivity index (χ4n) is 2.45. The first-order valence-corrected chi connectivity index (χ1v) is 7.49. The van der Waals surface area contributed by atoms with Crippen molar-refractivity contribution < 1.29 is 0 Å². The van der Waals surface area contributed by atoms with Crippen LogP contribution in [-0.4, -0.2) is 11.1 Å². The predicted molar refractivity (Wildman–Crippen MR) is 83.4 cm³/mol. The van der Waals surface area contributed by atoms with Crippen molar-refractivity contribution in [1.29, 1.82) is 0 Å². The third-order valence-electron chi connectivity index (χ3n) is 3.56. The van der Waals surface area contributed by atoms with E-state index in [0.29, 0.717) is 0 Å². The van der Waals surface area contributed by atoms with E-state index in [1.807, 2.05) is 0 Å². The van der Waals surface area contributed by atoms with E-state index < -0.39 is 0 Å². The Kier molecular flexibility index (Phi) is 5.03. The van der Waals surface area contributed by atoms with Gasteiger partial charge in [-0.2, -0.15) is 0 Å². The summed E-state index contributed by atoms with van der Waals surface area (Å²) in [5, 5.41) is 4.91. The van der Waals surface area contributed by atoms with Crippen LogP contribution in [-0.2, 0) is 13.1 Å². The number of hydrogen-bond donors (Lipinski definition) is 1. The van der Waals surface area contributed by atoms with Crippen LogP contribution in [0, 0.1) is 5.92 Å². The van der Waals surface area contributed by atoms with Crippen molar-refractivity contribution in [2.24, 2.45) is 5.92 Å². The van der Waals surface area contributed by atoms with Crippen molar-refractivity contribution in [2.75, 3.05) is 6.54 Å². The van der Waals surface area contributed by atoms with E-state index in [-0.39, 0.29) is 0 Å². The second-order valence-corrected chi connectivity index (χ2v) is 5.72. The second kappa shape index (κ2) is 6.76. The summed E-state index contributed by atoms with van der Waals surface area (Å²) in [4.78, 5) is 0. The molecule has 0 saturated carbocycles. The molecule has 1 aromatic carbocycles. The van der Waals surface area contributed by atoms with Crippen LogP contribution in [0.1, 0.15) is 39.2 Å². The monoisotopic (exact) mass is 258 g/mol. The normalized spacial score (nSPS) is 11.6. The van der Waals surface area contributed by atoms with Gasteiger partial charge in [-0.05, 0) is 36.9 Å². The predicted octanol–water partition coefficient (Wildman–Crippen LogP) is 4.19. The van der Waals surface area contributed by atoms with Crippen LogP contribution in [0.25, 0.3) is 10.9 Å². The summed E-state index contributed by atoms with van der Waals surface area (Å²) in [6.07, 6.45) is 4.75. The maximum absolute atomic E-state index is 3.51. The zero-order valence-corrected chi connectivity index (χ0v) is 12.4. The van der Waals surface area contributed by atoms with Crippen LogP contribution < -0.4 is 5.32 Å². The minimum Gasteiger partial charge on any atom is -0.347 e. The highest BCUT2D eigenvalue weighted by atomic mass is 15.0. The van der Waals surface area contributed by atoms with Gasteiger partial charge in [0.15, 0.2) is 0 Å². The van der Waals surface area contributed by atoms with Crippen molar-refractivity contribution in [2.45, 2.75) is 46.7 Å². The van der Waals surface area contributed by atoms with E-state index >= 15 is 0 Å². The van der Waals surface area contributed by atoms with Gasteiger partial charge in [0, 0.05) is 30.2 Å². The average Bonchev–Trinajstić information content (AvgIpc) is 2.76. The molecule has 0 aliphatic carbocycles. The first kappa shape index (κ1) is 14.1. The lowest BCUT2D eigenvalue weighted by molar-refractivity contribution is 0.523. The molecule has 2 rings (SSSR count). The lowest BCUT2D eigenvalue weighted by Gasteiger charge is -2.07. The van der Waals surface area contributed by atoms with E-state index in [4.69, 9.17) is 0 Å². The summed E-state index contributed by atoms with van der Waals surface area (Å²) in [7, 11) is 0. The molecule has 2 heteroatoms. The molecule has 104 valence electrons. The molecule has 19 heavy (non-hydrogen) atoms. The van der Waals surface area contributed by atoms with Gasteiger partial charge in [0.1, 0.15) is 0 Å². The molecule has 0 unspecified atom stereocenters. The summed E-state index contributed by atoms with van der Waals surface area (Å²) in [5.74, 6) is 0.753. The van der Waals surface area contributed by atoms with Gasteiger partial charge in [0.25, 0.3) is 0 Å². The minimum atomic E-state index is 0.753. The first-order valence-electron chi connectivity index (χ1n) is 7.49. The van der Waals surface area contributed by atoms with Crippen LogP contribution in [0.4, 0.5) is 0 Å². The van der Waals surface area contributed by atoms with E-state index in [0.717, 1.165) is 25.6 Å². The largest absolute Gasteiger partial charge is 0.347 e. The Hall–Kier alpha value is -1.28. The SMILES string of the molecule is CCCNCc1cn(CCC(C)C)c2ccccc12. The Morgan fingerprint density at radius 2 is 2.00 bits per heavy atom. The third kappa shape index (κ3) is 3.60. The van der Waals surface area contributed by atoms with Gasteiger partial charge in [-0.3, -0.25) is 0 Å². The molecule has 0 aliphatic heterocycles. The molecular weight excluding hydrogens is 232 g/mol. The highest BCUT2D eigenvalue weighted by molar-refractivity contribution is 5.83. The van der Waals surface area contributed by atoms with E-state index in [2.05, 4.69) is 61.1 Å². The average molecular weight is 258 g/mol. The molecule has 1 aromatic heterocycles. The van der Waals surface area contributed by atoms with Gasteiger partial charge < -0.3 is 9.88 Å². The lowest BCUT2D eigenvalue weighted by Crippen LogP contribution is -2.13. The van der Waals surface area contributed by atoms with Crippen molar-refractivity contribution in [3.05, 3.63) is 36.0 Å². The van der Waals surface area contributed by atoms with Crippen molar-refractivity contribution in [1.82, 2.24) is 9.88 Å². The summed E-state index contributed by atoms with van der Waals surface area (Å²) in [6.45, 7) is 9.96. The van der Waals surface area contributed by atoms with Crippen molar-refractivity contribution in [3.63, 3.8) is 0 Å². The number of aromatic nitrogens is 1. The molecule has 0 fully saturated rings. The molecule has 0 saturated heterocycles. The van der Waals surface area contributed by atoms with E-state index in [9.17, 15) is 0 Å². The van der Waals surface area contributed by atoms with E-state index in [1.54, 1.807) is 0 Å². The maximum atomic E-state index is 3.51. The number of hydrogen-bond acceptors (Lipinski definition) is 1. The molecule has 1 N–H and O–H groups in total. The number of rotatable bonds is 7. The molecule has 0 spiro atoms. The molecule has 0 atom stereocenters. The molecular formula is C17H26N2. The van der Waals surface area contributed by atoms with Crippen LogP contribution >= 0.6 is 0 Å². The number of nitrogens with zero attached hydrogens (tertiary/aromatic N) is 1. The highest BCUT2D eigenvalue weighted by Gasteiger charge is 2.07. The zero-order chi connectivity index (χ0) is 13.7. The number of fused-ring (bicyclic) bond motifs is 1. The smallest absolute Gasteiger partial charge is 0.0483 e. The Balaban J connectivity index is 2.21. The van der Waals surface area contributed by atoms with Crippen LogP contribution in [0.15, 0.2) is 30.5 Å². The second-order valence-electron chi connectivity index (χ2n) is 5.72. The summed E-state index contributed by atoms with van der Waals surface area (Å²) in [5.41, 5.74) is 2.80. The van der Waals surface area contributed by atoms with Crippen LogP contribution in [0.2, 0.25) is 0 Å². The van der Waals surface area contributed by atoms with Gasteiger partial charge in [-0.1, -0.05) is 39.0 Å². The van der Waals surface area contributed by atoms with Crippen molar-refractivity contribution >= 4 is 10.9 Å². The summed E-state index contributed by atoms with van der Waals surface area (Å²) < 4.78 is 2.41. The lowest BCUT2D eigenvalue weighted by atomic mass is 10.1. The van der Waals surface area contributed by atoms with Gasteiger partial charge >= 0.3 is 0 Å². The maximum Gasteiger partial charge on any atom is 0.0483 e. The Bertz CT molecular complexity index is 511. The standard InChI is InChI=1S/C17H26N2/c1-4-10-18-12-15-13-19(11-9-14(2)3)17-8-6-5-7-16(15)17/h5-8,13-14,18H,4,9-12H2,1-3H3. The molecule has 0 radical (unpaired) electrons. The molecule has 1 heterocycles. The topological polar surface area (TPSA) is 17.0 Å². The quantitative estimate of drug-likeness (QED) is 0.737. The fourth-order valence-corrected chi connectivity index (χ4v) is 2.45. The Labute approximate surface area is 116 Å². The molecule has 2 aromatic rings. The molecule has 2 nitrogen and oxygen atoms in total. The number of benzene rings is 1. The highest BCUT2D eigenvalue weighted by Crippen LogP contribution is 2.22. The number of para-hydroxylation sites is 1. The zero-order valence-electron chi connectivity index (χ0n) is 12.4. The summed E-state index contributed by atoms with van der Waals surface area (Å²) in [6, 6.07) is 8.75. The molecule has 0 amide bonds. The van der Waals surface area contributed by atoms with Crippen molar-refractivity contribution in [3.8, 4) is 0 Å². The summed E-state index contributed by atoms with van der Waals surface area (Å²) >= 11 is 0. The van der Waals surface area contributed by atoms with Gasteiger partial charge in [0.2, 0.25) is 0 Å². The van der Waals surface area contributed by atoms with Gasteiger partial charge in [-0.15, -0.1) is 0 Å². The van der Waals surface area contributed by atoms with E-state index in [1.165, 1.54) is 29.3 Å². The Morgan fingerprint density at radius 1 is 1.21 bits per heavy atom. The number of nitrogens with one attached hydrogen (secondary N) is 1. The first-order chi connectivity index (χ1) is 9.22. The van der Waals surface area contributed by atoms with Crippen LogP contribution in [0.5, 0.6) is 0 Å².